The summed E-state index contributed by atoms with van der Waals surface area (Å²) in [6.45, 7) is 3.78. The van der Waals surface area contributed by atoms with Crippen LogP contribution in [0.1, 0.15) is 38.8 Å². The number of phenols is 1. The zero-order valence-electron chi connectivity index (χ0n) is 16.6. The predicted octanol–water partition coefficient (Wildman–Crippen LogP) is 4.78. The van der Waals surface area contributed by atoms with Gasteiger partial charge in [0, 0.05) is 5.56 Å². The molecule has 0 amide bonds. The van der Waals surface area contributed by atoms with E-state index in [0.717, 1.165) is 11.1 Å². The zero-order valence-corrected chi connectivity index (χ0v) is 16.6. The average molecular weight is 390 g/mol. The molecule has 0 spiro atoms. The van der Waals surface area contributed by atoms with E-state index in [1.807, 2.05) is 31.2 Å². The van der Waals surface area contributed by atoms with E-state index >= 15 is 0 Å². The quantitative estimate of drug-likeness (QED) is 0.484. The first-order chi connectivity index (χ1) is 14.0. The second kappa shape index (κ2) is 8.61. The van der Waals surface area contributed by atoms with Gasteiger partial charge >= 0.3 is 5.97 Å². The van der Waals surface area contributed by atoms with Crippen LogP contribution < -0.4 is 4.74 Å². The van der Waals surface area contributed by atoms with Crippen molar-refractivity contribution in [1.29, 1.82) is 0 Å². The summed E-state index contributed by atoms with van der Waals surface area (Å²) in [4.78, 5) is 25.6. The molecule has 0 fully saturated rings. The lowest BCUT2D eigenvalue weighted by molar-refractivity contribution is 0.0525. The fourth-order valence-electron chi connectivity index (χ4n) is 3.16. The molecule has 0 aliphatic rings. The number of ether oxygens (including phenoxy) is 2. The number of methoxy groups -OCH3 is 1. The van der Waals surface area contributed by atoms with Crippen LogP contribution in [0.4, 0.5) is 0 Å². The monoisotopic (exact) mass is 390 g/mol. The van der Waals surface area contributed by atoms with Gasteiger partial charge in [-0.05, 0) is 66.9 Å². The summed E-state index contributed by atoms with van der Waals surface area (Å²) in [7, 11) is 1.59. The number of hydrogen-bond donors (Lipinski definition) is 1. The summed E-state index contributed by atoms with van der Waals surface area (Å²) in [5.74, 6) is -0.268. The Morgan fingerprint density at radius 2 is 1.66 bits per heavy atom. The molecule has 0 saturated carbocycles. The first-order valence-corrected chi connectivity index (χ1v) is 9.25. The van der Waals surface area contributed by atoms with E-state index in [1.165, 1.54) is 12.1 Å². The van der Waals surface area contributed by atoms with Gasteiger partial charge in [-0.15, -0.1) is 0 Å². The Labute approximate surface area is 169 Å². The fraction of sp³-hybridized carbons (Fsp3) is 0.167. The van der Waals surface area contributed by atoms with Gasteiger partial charge in [0.15, 0.2) is 5.78 Å². The second-order valence-corrected chi connectivity index (χ2v) is 6.49. The SMILES string of the molecule is CCOC(=O)c1cc(C(=O)c2ccccc2O)cc(-c2ccc(OC)cc2)c1C. The van der Waals surface area contributed by atoms with Crippen LogP contribution in [-0.4, -0.2) is 30.6 Å². The van der Waals surface area contributed by atoms with Crippen LogP contribution in [0.5, 0.6) is 11.5 Å². The van der Waals surface area contributed by atoms with Crippen molar-refractivity contribution in [2.45, 2.75) is 13.8 Å². The third kappa shape index (κ3) is 4.14. The molecule has 3 aromatic carbocycles. The highest BCUT2D eigenvalue weighted by atomic mass is 16.5. The molecule has 0 heterocycles. The minimum atomic E-state index is -0.494. The number of ketones is 1. The number of esters is 1. The summed E-state index contributed by atoms with van der Waals surface area (Å²) < 4.78 is 10.4. The molecule has 3 rings (SSSR count). The van der Waals surface area contributed by atoms with Crippen LogP contribution in [0.15, 0.2) is 60.7 Å². The van der Waals surface area contributed by atoms with Crippen molar-refractivity contribution in [3.63, 3.8) is 0 Å². The van der Waals surface area contributed by atoms with E-state index in [-0.39, 0.29) is 23.7 Å². The van der Waals surface area contributed by atoms with Crippen molar-refractivity contribution in [2.75, 3.05) is 13.7 Å². The maximum atomic E-state index is 13.1. The summed E-state index contributed by atoms with van der Waals surface area (Å²) in [6.07, 6.45) is 0. The Kier molecular flexibility index (Phi) is 5.98. The molecule has 3 aromatic rings. The molecule has 5 nitrogen and oxygen atoms in total. The molecule has 0 unspecified atom stereocenters. The van der Waals surface area contributed by atoms with Gasteiger partial charge in [0.1, 0.15) is 11.5 Å². The van der Waals surface area contributed by atoms with Crippen molar-refractivity contribution >= 4 is 11.8 Å². The molecule has 0 atom stereocenters. The Morgan fingerprint density at radius 1 is 0.966 bits per heavy atom. The average Bonchev–Trinajstić information content (AvgIpc) is 2.74. The Morgan fingerprint density at radius 3 is 2.28 bits per heavy atom. The number of carbonyl (C=O) groups is 2. The first kappa shape index (κ1) is 20.1. The lowest BCUT2D eigenvalue weighted by Crippen LogP contribution is -2.11. The van der Waals surface area contributed by atoms with Crippen LogP contribution in [0, 0.1) is 6.92 Å². The first-order valence-electron chi connectivity index (χ1n) is 9.25. The van der Waals surface area contributed by atoms with Crippen molar-refractivity contribution in [3.8, 4) is 22.6 Å². The highest BCUT2D eigenvalue weighted by Crippen LogP contribution is 2.31. The Bertz CT molecular complexity index is 1050. The van der Waals surface area contributed by atoms with Crippen LogP contribution in [0.2, 0.25) is 0 Å². The molecule has 0 aliphatic heterocycles. The Hall–Kier alpha value is -3.60. The summed E-state index contributed by atoms with van der Waals surface area (Å²) >= 11 is 0. The van der Waals surface area contributed by atoms with Crippen LogP contribution in [-0.2, 0) is 4.74 Å². The lowest BCUT2D eigenvalue weighted by atomic mass is 9.91. The number of hydrogen-bond acceptors (Lipinski definition) is 5. The zero-order chi connectivity index (χ0) is 21.0. The minimum absolute atomic E-state index is 0.109. The molecule has 5 heteroatoms. The van der Waals surface area contributed by atoms with Crippen LogP contribution >= 0.6 is 0 Å². The van der Waals surface area contributed by atoms with Crippen molar-refractivity contribution < 1.29 is 24.2 Å². The molecule has 0 bridgehead atoms. The largest absolute Gasteiger partial charge is 0.507 e. The third-order valence-electron chi connectivity index (χ3n) is 4.71. The summed E-state index contributed by atoms with van der Waals surface area (Å²) in [5.41, 5.74) is 3.07. The van der Waals surface area contributed by atoms with Gasteiger partial charge in [-0.3, -0.25) is 4.79 Å². The maximum absolute atomic E-state index is 13.1. The van der Waals surface area contributed by atoms with E-state index < -0.39 is 5.97 Å². The van der Waals surface area contributed by atoms with Gasteiger partial charge in [0.25, 0.3) is 0 Å². The van der Waals surface area contributed by atoms with E-state index in [2.05, 4.69) is 0 Å². The van der Waals surface area contributed by atoms with Crippen molar-refractivity contribution in [1.82, 2.24) is 0 Å². The van der Waals surface area contributed by atoms with Gasteiger partial charge in [-0.1, -0.05) is 24.3 Å². The minimum Gasteiger partial charge on any atom is -0.507 e. The van der Waals surface area contributed by atoms with Gasteiger partial charge < -0.3 is 14.6 Å². The molecule has 0 saturated heterocycles. The smallest absolute Gasteiger partial charge is 0.338 e. The van der Waals surface area contributed by atoms with E-state index in [1.54, 1.807) is 38.3 Å². The number of carbonyl (C=O) groups excluding carboxylic acids is 2. The molecule has 0 aromatic heterocycles. The highest BCUT2D eigenvalue weighted by molar-refractivity contribution is 6.12. The van der Waals surface area contributed by atoms with Gasteiger partial charge in [0.2, 0.25) is 0 Å². The third-order valence-corrected chi connectivity index (χ3v) is 4.71. The molecular weight excluding hydrogens is 368 g/mol. The number of phenolic OH excluding ortho intramolecular Hbond substituents is 1. The van der Waals surface area contributed by atoms with Crippen LogP contribution in [0.25, 0.3) is 11.1 Å². The van der Waals surface area contributed by atoms with E-state index in [4.69, 9.17) is 9.47 Å². The summed E-state index contributed by atoms with van der Waals surface area (Å²) in [6, 6.07) is 16.9. The molecule has 1 N–H and O–H groups in total. The van der Waals surface area contributed by atoms with Gasteiger partial charge in [-0.2, -0.15) is 0 Å². The highest BCUT2D eigenvalue weighted by Gasteiger charge is 2.21. The number of aromatic hydroxyl groups is 1. The lowest BCUT2D eigenvalue weighted by Gasteiger charge is -2.14. The molecule has 29 heavy (non-hydrogen) atoms. The standard InChI is InChI=1S/C24H22O5/c1-4-29-24(27)21-14-17(23(26)19-7-5-6-8-22(19)25)13-20(15(21)2)16-9-11-18(28-3)12-10-16/h5-14,25H,4H2,1-3H3. The van der Waals surface area contributed by atoms with Gasteiger partial charge in [0.05, 0.1) is 24.8 Å². The summed E-state index contributed by atoms with van der Waals surface area (Å²) in [5, 5.41) is 10.1. The van der Waals surface area contributed by atoms with E-state index in [0.29, 0.717) is 22.4 Å². The topological polar surface area (TPSA) is 72.8 Å². The molecule has 0 aliphatic carbocycles. The number of rotatable bonds is 6. The number of para-hydroxylation sites is 1. The van der Waals surface area contributed by atoms with Gasteiger partial charge in [-0.25, -0.2) is 4.79 Å². The van der Waals surface area contributed by atoms with Crippen molar-refractivity contribution in [2.24, 2.45) is 0 Å². The molecule has 0 radical (unpaired) electrons. The van der Waals surface area contributed by atoms with Crippen molar-refractivity contribution in [3.05, 3.63) is 82.9 Å². The second-order valence-electron chi connectivity index (χ2n) is 6.49. The molecule has 148 valence electrons. The predicted molar refractivity (Wildman–Crippen MR) is 111 cm³/mol. The normalized spacial score (nSPS) is 10.4. The maximum Gasteiger partial charge on any atom is 0.338 e. The Balaban J connectivity index is 2.18. The fourth-order valence-corrected chi connectivity index (χ4v) is 3.16. The number of benzene rings is 3. The van der Waals surface area contributed by atoms with Crippen LogP contribution in [0.3, 0.4) is 0 Å². The molecular formula is C24H22O5. The van der Waals surface area contributed by atoms with E-state index in [9.17, 15) is 14.7 Å².